The highest BCUT2D eigenvalue weighted by molar-refractivity contribution is 5.75. The van der Waals surface area contributed by atoms with Crippen LogP contribution in [-0.4, -0.2) is 48.2 Å². The number of methoxy groups -OCH3 is 1. The molecule has 1 heterocycles. The topological polar surface area (TPSA) is 78.9 Å². The van der Waals surface area contributed by atoms with E-state index < -0.39 is 5.97 Å². The first-order chi connectivity index (χ1) is 14.0. The number of benzene rings is 2. The first kappa shape index (κ1) is 20.7. The molecule has 0 bridgehead atoms. The molecule has 2 aromatic rings. The summed E-state index contributed by atoms with van der Waals surface area (Å²) in [5.41, 5.74) is 2.29. The molecule has 0 aliphatic carbocycles. The fourth-order valence-electron chi connectivity index (χ4n) is 3.78. The molecular weight excluding hydrogens is 368 g/mol. The lowest BCUT2D eigenvalue weighted by Crippen LogP contribution is -2.44. The molecule has 2 atom stereocenters. The van der Waals surface area contributed by atoms with E-state index in [4.69, 9.17) is 9.84 Å². The number of carbonyl (C=O) groups is 2. The molecular formula is C23H28N2O4. The number of nitrogens with one attached hydrogen (secondary N) is 1. The maximum absolute atomic E-state index is 12.8. The van der Waals surface area contributed by atoms with Crippen molar-refractivity contribution in [3.63, 3.8) is 0 Å². The molecule has 2 unspecified atom stereocenters. The van der Waals surface area contributed by atoms with E-state index in [1.54, 1.807) is 7.11 Å². The molecule has 0 aromatic heterocycles. The average Bonchev–Trinajstić information content (AvgIpc) is 3.23. The molecule has 0 saturated carbocycles. The van der Waals surface area contributed by atoms with Gasteiger partial charge in [-0.05, 0) is 42.5 Å². The lowest BCUT2D eigenvalue weighted by atomic mass is 9.98. The number of amides is 2. The Labute approximate surface area is 171 Å². The SMILES string of the molecule is COc1ccc(C2CCN(C(=O)NC(CCC(=O)O)Cc3ccccc3)C2)cc1. The number of carboxylic acid groups (broad SMARTS) is 1. The van der Waals surface area contributed by atoms with Crippen molar-refractivity contribution in [2.45, 2.75) is 37.6 Å². The number of carboxylic acids is 1. The molecule has 6 nitrogen and oxygen atoms in total. The van der Waals surface area contributed by atoms with Crippen LogP contribution in [0.4, 0.5) is 4.79 Å². The van der Waals surface area contributed by atoms with Gasteiger partial charge in [0.1, 0.15) is 5.75 Å². The number of hydrogen-bond donors (Lipinski definition) is 2. The van der Waals surface area contributed by atoms with E-state index in [1.165, 1.54) is 5.56 Å². The summed E-state index contributed by atoms with van der Waals surface area (Å²) in [6.07, 6.45) is 1.98. The summed E-state index contributed by atoms with van der Waals surface area (Å²) >= 11 is 0. The van der Waals surface area contributed by atoms with Gasteiger partial charge in [-0.25, -0.2) is 4.79 Å². The minimum atomic E-state index is -0.849. The van der Waals surface area contributed by atoms with E-state index in [-0.39, 0.29) is 18.5 Å². The third kappa shape index (κ3) is 5.98. The zero-order valence-electron chi connectivity index (χ0n) is 16.7. The molecule has 1 aliphatic heterocycles. The summed E-state index contributed by atoms with van der Waals surface area (Å²) in [4.78, 5) is 25.7. The van der Waals surface area contributed by atoms with Crippen LogP contribution in [0.2, 0.25) is 0 Å². The van der Waals surface area contributed by atoms with Crippen molar-refractivity contribution in [3.05, 3.63) is 65.7 Å². The Morgan fingerprint density at radius 1 is 1.17 bits per heavy atom. The first-order valence-corrected chi connectivity index (χ1v) is 10.00. The smallest absolute Gasteiger partial charge is 0.317 e. The molecule has 2 aromatic carbocycles. The van der Waals surface area contributed by atoms with E-state index in [9.17, 15) is 9.59 Å². The van der Waals surface area contributed by atoms with Gasteiger partial charge >= 0.3 is 12.0 Å². The van der Waals surface area contributed by atoms with Crippen molar-refractivity contribution in [3.8, 4) is 5.75 Å². The second-order valence-corrected chi connectivity index (χ2v) is 7.47. The highest BCUT2D eigenvalue weighted by atomic mass is 16.5. The number of hydrogen-bond acceptors (Lipinski definition) is 3. The second kappa shape index (κ2) is 9.96. The minimum absolute atomic E-state index is 0.0340. The highest BCUT2D eigenvalue weighted by Gasteiger charge is 2.28. The molecule has 6 heteroatoms. The normalized spacial score (nSPS) is 17.0. The van der Waals surface area contributed by atoms with Crippen molar-refractivity contribution >= 4 is 12.0 Å². The number of carbonyl (C=O) groups excluding carboxylic acids is 1. The van der Waals surface area contributed by atoms with Gasteiger partial charge in [0.2, 0.25) is 0 Å². The van der Waals surface area contributed by atoms with Crippen LogP contribution in [0.3, 0.4) is 0 Å². The Morgan fingerprint density at radius 3 is 2.55 bits per heavy atom. The number of aliphatic carboxylic acids is 1. The Hall–Kier alpha value is -3.02. The number of urea groups is 1. The lowest BCUT2D eigenvalue weighted by molar-refractivity contribution is -0.137. The van der Waals surface area contributed by atoms with Crippen LogP contribution in [-0.2, 0) is 11.2 Å². The van der Waals surface area contributed by atoms with Gasteiger partial charge in [0.25, 0.3) is 0 Å². The van der Waals surface area contributed by atoms with E-state index in [0.29, 0.717) is 31.8 Å². The minimum Gasteiger partial charge on any atom is -0.497 e. The predicted octanol–water partition coefficient (Wildman–Crippen LogP) is 3.67. The third-order valence-corrected chi connectivity index (χ3v) is 5.42. The van der Waals surface area contributed by atoms with Crippen LogP contribution < -0.4 is 10.1 Å². The second-order valence-electron chi connectivity index (χ2n) is 7.47. The van der Waals surface area contributed by atoms with Crippen LogP contribution in [0.1, 0.15) is 36.3 Å². The molecule has 1 fully saturated rings. The van der Waals surface area contributed by atoms with Crippen molar-refractivity contribution in [1.82, 2.24) is 10.2 Å². The van der Waals surface area contributed by atoms with Crippen LogP contribution >= 0.6 is 0 Å². The van der Waals surface area contributed by atoms with Gasteiger partial charge in [0.05, 0.1) is 7.11 Å². The van der Waals surface area contributed by atoms with E-state index in [0.717, 1.165) is 17.7 Å². The van der Waals surface area contributed by atoms with Crippen LogP contribution in [0.15, 0.2) is 54.6 Å². The number of rotatable bonds is 8. The number of ether oxygens (including phenoxy) is 1. The molecule has 154 valence electrons. The van der Waals surface area contributed by atoms with Crippen molar-refractivity contribution in [2.75, 3.05) is 20.2 Å². The van der Waals surface area contributed by atoms with Crippen molar-refractivity contribution < 1.29 is 19.4 Å². The molecule has 3 rings (SSSR count). The molecule has 2 amide bonds. The standard InChI is InChI=1S/C23H28N2O4/c1-29-21-10-7-18(8-11-21)19-13-14-25(16-19)23(28)24-20(9-12-22(26)27)15-17-5-3-2-4-6-17/h2-8,10-11,19-20H,9,12-16H2,1H3,(H,24,28)(H,26,27). The Kier molecular flexibility index (Phi) is 7.11. The molecule has 29 heavy (non-hydrogen) atoms. The van der Waals surface area contributed by atoms with Gasteiger partial charge in [-0.2, -0.15) is 0 Å². The van der Waals surface area contributed by atoms with Gasteiger partial charge in [-0.15, -0.1) is 0 Å². The van der Waals surface area contributed by atoms with Gasteiger partial charge in [-0.1, -0.05) is 42.5 Å². The Morgan fingerprint density at radius 2 is 1.90 bits per heavy atom. The largest absolute Gasteiger partial charge is 0.497 e. The Bertz CT molecular complexity index is 807. The third-order valence-electron chi connectivity index (χ3n) is 5.42. The number of nitrogens with zero attached hydrogens (tertiary/aromatic N) is 1. The zero-order chi connectivity index (χ0) is 20.6. The maximum Gasteiger partial charge on any atom is 0.317 e. The summed E-state index contributed by atoms with van der Waals surface area (Å²) in [6.45, 7) is 1.36. The average molecular weight is 396 g/mol. The van der Waals surface area contributed by atoms with E-state index in [2.05, 4.69) is 17.4 Å². The lowest BCUT2D eigenvalue weighted by Gasteiger charge is -2.23. The fourth-order valence-corrected chi connectivity index (χ4v) is 3.78. The van der Waals surface area contributed by atoms with Crippen molar-refractivity contribution in [2.24, 2.45) is 0 Å². The van der Waals surface area contributed by atoms with Crippen LogP contribution in [0, 0.1) is 0 Å². The van der Waals surface area contributed by atoms with Gasteiger partial charge in [0, 0.05) is 31.5 Å². The summed E-state index contributed by atoms with van der Waals surface area (Å²) in [7, 11) is 1.65. The molecule has 0 radical (unpaired) electrons. The van der Waals surface area contributed by atoms with Crippen LogP contribution in [0.25, 0.3) is 0 Å². The molecule has 1 aliphatic rings. The Balaban J connectivity index is 1.58. The predicted molar refractivity (Wildman–Crippen MR) is 111 cm³/mol. The van der Waals surface area contributed by atoms with E-state index >= 15 is 0 Å². The van der Waals surface area contributed by atoms with Crippen molar-refractivity contribution in [1.29, 1.82) is 0 Å². The summed E-state index contributed by atoms with van der Waals surface area (Å²) in [5, 5.41) is 12.1. The fraction of sp³-hybridized carbons (Fsp3) is 0.391. The van der Waals surface area contributed by atoms with Crippen LogP contribution in [0.5, 0.6) is 5.75 Å². The summed E-state index contributed by atoms with van der Waals surface area (Å²) < 4.78 is 5.21. The number of likely N-dealkylation sites (tertiary alicyclic amines) is 1. The van der Waals surface area contributed by atoms with Gasteiger partial charge in [-0.3, -0.25) is 4.79 Å². The molecule has 1 saturated heterocycles. The molecule has 2 N–H and O–H groups in total. The maximum atomic E-state index is 12.8. The zero-order valence-corrected chi connectivity index (χ0v) is 16.7. The highest BCUT2D eigenvalue weighted by Crippen LogP contribution is 2.28. The van der Waals surface area contributed by atoms with E-state index in [1.807, 2.05) is 47.4 Å². The molecule has 0 spiro atoms. The first-order valence-electron chi connectivity index (χ1n) is 10.00. The summed E-state index contributed by atoms with van der Waals surface area (Å²) in [6, 6.07) is 17.5. The van der Waals surface area contributed by atoms with Gasteiger partial charge in [0.15, 0.2) is 0 Å². The quantitative estimate of drug-likeness (QED) is 0.714. The van der Waals surface area contributed by atoms with Gasteiger partial charge < -0.3 is 20.1 Å². The monoisotopic (exact) mass is 396 g/mol. The summed E-state index contributed by atoms with van der Waals surface area (Å²) in [5.74, 6) is 0.278.